The lowest BCUT2D eigenvalue weighted by atomic mass is 10.0. The van der Waals surface area contributed by atoms with E-state index in [0.717, 1.165) is 44.4 Å². The minimum absolute atomic E-state index is 0.320. The van der Waals surface area contributed by atoms with Gasteiger partial charge in [0.25, 0.3) is 0 Å². The topological polar surface area (TPSA) is 49.4 Å². The monoisotopic (exact) mass is 230 g/mol. The first-order valence-corrected chi connectivity index (χ1v) is 7.61. The Morgan fingerprint density at radius 2 is 1.80 bits per heavy atom. The molecule has 3 aliphatic heterocycles. The van der Waals surface area contributed by atoms with Crippen LogP contribution in [0, 0.1) is 11.8 Å². The molecule has 3 saturated heterocycles. The van der Waals surface area contributed by atoms with Crippen LogP contribution in [0.4, 0.5) is 0 Å². The third-order valence-corrected chi connectivity index (χ3v) is 5.89. The lowest BCUT2D eigenvalue weighted by Gasteiger charge is -2.23. The van der Waals surface area contributed by atoms with Crippen molar-refractivity contribution in [3.63, 3.8) is 0 Å². The lowest BCUT2D eigenvalue weighted by molar-refractivity contribution is 0.245. The molecule has 0 bridgehead atoms. The number of fused-ring (bicyclic) bond motifs is 1. The van der Waals surface area contributed by atoms with Gasteiger partial charge in [0.2, 0.25) is 0 Å². The molecule has 5 heteroatoms. The van der Waals surface area contributed by atoms with Crippen molar-refractivity contribution in [2.45, 2.75) is 12.5 Å². The van der Waals surface area contributed by atoms with Crippen molar-refractivity contribution in [2.75, 3.05) is 37.7 Å². The first-order chi connectivity index (χ1) is 7.14. The number of rotatable bonds is 1. The van der Waals surface area contributed by atoms with Crippen LogP contribution in [0.25, 0.3) is 0 Å². The largest absolute Gasteiger partial charge is 0.316 e. The molecule has 4 nitrogen and oxygen atoms in total. The van der Waals surface area contributed by atoms with Gasteiger partial charge in [-0.15, -0.1) is 0 Å². The summed E-state index contributed by atoms with van der Waals surface area (Å²) in [6.07, 6.45) is 0.856. The van der Waals surface area contributed by atoms with E-state index in [1.165, 1.54) is 0 Å². The highest BCUT2D eigenvalue weighted by Gasteiger charge is 2.41. The maximum Gasteiger partial charge on any atom is 0.151 e. The lowest BCUT2D eigenvalue weighted by Crippen LogP contribution is -2.36. The van der Waals surface area contributed by atoms with Crippen molar-refractivity contribution in [3.8, 4) is 0 Å². The molecule has 3 atom stereocenters. The quantitative estimate of drug-likeness (QED) is 0.649. The van der Waals surface area contributed by atoms with Crippen LogP contribution in [-0.2, 0) is 9.84 Å². The predicted octanol–water partition coefficient (Wildman–Crippen LogP) is -0.675. The zero-order chi connectivity index (χ0) is 10.5. The number of sulfone groups is 1. The van der Waals surface area contributed by atoms with E-state index in [1.54, 1.807) is 0 Å². The Balaban J connectivity index is 1.66. The van der Waals surface area contributed by atoms with Crippen molar-refractivity contribution >= 4 is 9.84 Å². The molecule has 3 fully saturated rings. The van der Waals surface area contributed by atoms with Crippen LogP contribution in [0.15, 0.2) is 0 Å². The molecule has 3 heterocycles. The van der Waals surface area contributed by atoms with Gasteiger partial charge in [-0.25, -0.2) is 8.42 Å². The van der Waals surface area contributed by atoms with Gasteiger partial charge in [0.1, 0.15) is 0 Å². The summed E-state index contributed by atoms with van der Waals surface area (Å²) in [4.78, 5) is 2.42. The van der Waals surface area contributed by atoms with Gasteiger partial charge in [0.05, 0.1) is 11.5 Å². The third kappa shape index (κ3) is 1.81. The molecule has 0 amide bonds. The molecule has 0 aromatic carbocycles. The van der Waals surface area contributed by atoms with Crippen LogP contribution in [0.2, 0.25) is 0 Å². The summed E-state index contributed by atoms with van der Waals surface area (Å²) in [5.41, 5.74) is 0. The molecular weight excluding hydrogens is 212 g/mol. The molecule has 3 unspecified atom stereocenters. The first-order valence-electron chi connectivity index (χ1n) is 5.79. The Morgan fingerprint density at radius 3 is 2.33 bits per heavy atom. The molecule has 3 aliphatic rings. The Bertz CT molecular complexity index is 342. The van der Waals surface area contributed by atoms with Crippen LogP contribution in [0.3, 0.4) is 0 Å². The Labute approximate surface area is 90.9 Å². The number of nitrogens with one attached hydrogen (secondary N) is 1. The Morgan fingerprint density at radius 1 is 1.13 bits per heavy atom. The van der Waals surface area contributed by atoms with E-state index in [-0.39, 0.29) is 0 Å². The second-order valence-electron chi connectivity index (χ2n) is 5.19. The molecule has 0 saturated carbocycles. The maximum atomic E-state index is 11.4. The minimum atomic E-state index is -2.71. The zero-order valence-electron chi connectivity index (χ0n) is 8.85. The summed E-state index contributed by atoms with van der Waals surface area (Å²) in [6.45, 7) is 4.47. The van der Waals surface area contributed by atoms with Gasteiger partial charge in [-0.2, -0.15) is 0 Å². The normalized spacial score (nSPS) is 44.7. The van der Waals surface area contributed by atoms with Crippen LogP contribution < -0.4 is 5.32 Å². The Hall–Kier alpha value is -0.130. The van der Waals surface area contributed by atoms with Crippen LogP contribution >= 0.6 is 0 Å². The number of likely N-dealkylation sites (tertiary alicyclic amines) is 1. The number of nitrogens with zero attached hydrogens (tertiary/aromatic N) is 1. The summed E-state index contributed by atoms with van der Waals surface area (Å²) in [5.74, 6) is 2.35. The summed E-state index contributed by atoms with van der Waals surface area (Å²) < 4.78 is 22.8. The maximum absolute atomic E-state index is 11.4. The van der Waals surface area contributed by atoms with Crippen molar-refractivity contribution < 1.29 is 8.42 Å². The molecule has 0 spiro atoms. The molecule has 3 rings (SSSR count). The number of hydrogen-bond acceptors (Lipinski definition) is 4. The highest BCUT2D eigenvalue weighted by atomic mass is 32.2. The molecule has 86 valence electrons. The third-order valence-electron chi connectivity index (χ3n) is 4.14. The fourth-order valence-electron chi connectivity index (χ4n) is 3.25. The van der Waals surface area contributed by atoms with Crippen molar-refractivity contribution in [3.05, 3.63) is 0 Å². The van der Waals surface area contributed by atoms with Gasteiger partial charge < -0.3 is 5.32 Å². The number of hydrogen-bond donors (Lipinski definition) is 1. The van der Waals surface area contributed by atoms with E-state index in [9.17, 15) is 8.42 Å². The van der Waals surface area contributed by atoms with E-state index in [1.807, 2.05) is 0 Å². The highest BCUT2D eigenvalue weighted by Crippen LogP contribution is 2.30. The second-order valence-corrected chi connectivity index (χ2v) is 7.42. The van der Waals surface area contributed by atoms with Crippen molar-refractivity contribution in [1.82, 2.24) is 10.2 Å². The van der Waals surface area contributed by atoms with E-state index >= 15 is 0 Å². The first kappa shape index (κ1) is 10.1. The standard InChI is InChI=1S/C10H18N2O2S/c13-15(14)2-1-10(7-15)12-5-8-3-11-4-9(8)6-12/h8-11H,1-7H2. The fourth-order valence-corrected chi connectivity index (χ4v) is 5.01. The molecular formula is C10H18N2O2S. The van der Waals surface area contributed by atoms with Gasteiger partial charge in [-0.3, -0.25) is 4.90 Å². The van der Waals surface area contributed by atoms with Crippen LogP contribution in [0.5, 0.6) is 0 Å². The SMILES string of the molecule is O=S1(=O)CCC(N2CC3CNCC3C2)C1. The van der Waals surface area contributed by atoms with Crippen molar-refractivity contribution in [1.29, 1.82) is 0 Å². The van der Waals surface area contributed by atoms with Gasteiger partial charge in [-0.05, 0) is 31.3 Å². The average Bonchev–Trinajstić information content (AvgIpc) is 2.75. The highest BCUT2D eigenvalue weighted by molar-refractivity contribution is 7.91. The van der Waals surface area contributed by atoms with E-state index in [4.69, 9.17) is 0 Å². The molecule has 0 aromatic rings. The van der Waals surface area contributed by atoms with Gasteiger partial charge in [-0.1, -0.05) is 0 Å². The van der Waals surface area contributed by atoms with Gasteiger partial charge in [0.15, 0.2) is 9.84 Å². The van der Waals surface area contributed by atoms with Crippen LogP contribution in [0.1, 0.15) is 6.42 Å². The molecule has 0 aliphatic carbocycles. The van der Waals surface area contributed by atoms with E-state index < -0.39 is 9.84 Å². The smallest absolute Gasteiger partial charge is 0.151 e. The fraction of sp³-hybridized carbons (Fsp3) is 1.00. The summed E-state index contributed by atoms with van der Waals surface area (Å²) >= 11 is 0. The minimum Gasteiger partial charge on any atom is -0.316 e. The molecule has 0 aromatic heterocycles. The summed E-state index contributed by atoms with van der Waals surface area (Å²) in [7, 11) is -2.71. The van der Waals surface area contributed by atoms with Crippen molar-refractivity contribution in [2.24, 2.45) is 11.8 Å². The van der Waals surface area contributed by atoms with Gasteiger partial charge in [0, 0.05) is 19.1 Å². The summed E-state index contributed by atoms with van der Waals surface area (Å²) in [6, 6.07) is 0.320. The van der Waals surface area contributed by atoms with Gasteiger partial charge >= 0.3 is 0 Å². The predicted molar refractivity (Wildman–Crippen MR) is 58.5 cm³/mol. The molecule has 0 radical (unpaired) electrons. The zero-order valence-corrected chi connectivity index (χ0v) is 9.67. The van der Waals surface area contributed by atoms with E-state index in [2.05, 4.69) is 10.2 Å². The molecule has 15 heavy (non-hydrogen) atoms. The van der Waals surface area contributed by atoms with Crippen LogP contribution in [-0.4, -0.2) is 57.0 Å². The average molecular weight is 230 g/mol. The second kappa shape index (κ2) is 3.43. The Kier molecular flexibility index (Phi) is 2.30. The summed E-state index contributed by atoms with van der Waals surface area (Å²) in [5, 5.41) is 3.41. The van der Waals surface area contributed by atoms with E-state index in [0.29, 0.717) is 17.5 Å². The molecule has 1 N–H and O–H groups in total.